The summed E-state index contributed by atoms with van der Waals surface area (Å²) in [5, 5.41) is 1.41. The third-order valence-electron chi connectivity index (χ3n) is 2.67. The van der Waals surface area contributed by atoms with Crippen molar-refractivity contribution in [1.29, 1.82) is 0 Å². The first-order valence-electron chi connectivity index (χ1n) is 5.47. The molecule has 3 nitrogen and oxygen atoms in total. The molecule has 1 fully saturated rings. The van der Waals surface area contributed by atoms with Crippen molar-refractivity contribution in [2.75, 3.05) is 23.0 Å². The van der Waals surface area contributed by atoms with E-state index in [-0.39, 0.29) is 0 Å². The van der Waals surface area contributed by atoms with E-state index < -0.39 is 0 Å². The van der Waals surface area contributed by atoms with E-state index in [2.05, 4.69) is 23.0 Å². The van der Waals surface area contributed by atoms with Crippen LogP contribution in [0, 0.1) is 6.92 Å². The van der Waals surface area contributed by atoms with E-state index in [4.69, 9.17) is 5.73 Å². The first-order valence-corrected chi connectivity index (χ1v) is 8.49. The maximum atomic E-state index is 6.02. The molecule has 0 saturated carbocycles. The Kier molecular flexibility index (Phi) is 3.19. The molecule has 6 heteroatoms. The van der Waals surface area contributed by atoms with Gasteiger partial charge in [-0.25, -0.2) is 9.97 Å². The van der Waals surface area contributed by atoms with Gasteiger partial charge >= 0.3 is 0 Å². The number of thioether (sulfide) groups is 2. The van der Waals surface area contributed by atoms with Crippen LogP contribution in [0.2, 0.25) is 0 Å². The second-order valence-corrected chi connectivity index (χ2v) is 7.67. The molecule has 2 aromatic rings. The predicted molar refractivity (Wildman–Crippen MR) is 79.1 cm³/mol. The zero-order chi connectivity index (χ0) is 11.8. The Labute approximate surface area is 113 Å². The van der Waals surface area contributed by atoms with Gasteiger partial charge in [-0.15, -0.1) is 23.1 Å². The second kappa shape index (κ2) is 4.66. The summed E-state index contributed by atoms with van der Waals surface area (Å²) in [6.45, 7) is 2.08. The van der Waals surface area contributed by atoms with Gasteiger partial charge in [0.05, 0.1) is 10.6 Å². The van der Waals surface area contributed by atoms with Crippen molar-refractivity contribution in [2.45, 2.75) is 12.2 Å². The molecule has 0 aliphatic carbocycles. The Morgan fingerprint density at radius 1 is 1.35 bits per heavy atom. The van der Waals surface area contributed by atoms with Crippen molar-refractivity contribution in [1.82, 2.24) is 9.97 Å². The summed E-state index contributed by atoms with van der Waals surface area (Å²) >= 11 is 5.62. The highest BCUT2D eigenvalue weighted by Gasteiger charge is 2.20. The van der Waals surface area contributed by atoms with E-state index >= 15 is 0 Å². The molecule has 1 saturated heterocycles. The van der Waals surface area contributed by atoms with Gasteiger partial charge in [-0.1, -0.05) is 0 Å². The summed E-state index contributed by atoms with van der Waals surface area (Å²) in [6, 6.07) is 2.07. The molecule has 0 spiro atoms. The highest BCUT2D eigenvalue weighted by Crippen LogP contribution is 2.37. The van der Waals surface area contributed by atoms with Crippen molar-refractivity contribution in [3.8, 4) is 0 Å². The van der Waals surface area contributed by atoms with Crippen LogP contribution in [0.1, 0.15) is 16.0 Å². The highest BCUT2D eigenvalue weighted by molar-refractivity contribution is 8.06. The molecule has 2 aromatic heterocycles. The largest absolute Gasteiger partial charge is 0.383 e. The molecule has 0 amide bonds. The Morgan fingerprint density at radius 3 is 3.00 bits per heavy atom. The van der Waals surface area contributed by atoms with Crippen LogP contribution in [0.25, 0.3) is 10.2 Å². The summed E-state index contributed by atoms with van der Waals surface area (Å²) in [4.78, 5) is 11.4. The standard InChI is InChI=1S/C11H13N3S3/c1-6-4-7-9(12)13-10(14-11(7)17-6)8-5-15-2-3-16-8/h4,8H,2-3,5H2,1H3,(H2,12,13,14). The number of nitrogens with two attached hydrogens (primary N) is 1. The van der Waals surface area contributed by atoms with Gasteiger partial charge in [-0.3, -0.25) is 0 Å². The van der Waals surface area contributed by atoms with E-state index in [1.807, 2.05) is 23.5 Å². The molecular formula is C11H13N3S3. The zero-order valence-corrected chi connectivity index (χ0v) is 11.9. The van der Waals surface area contributed by atoms with Crippen molar-refractivity contribution >= 4 is 50.9 Å². The van der Waals surface area contributed by atoms with Gasteiger partial charge in [-0.05, 0) is 13.0 Å². The number of nitrogen functional groups attached to an aromatic ring is 1. The molecule has 1 unspecified atom stereocenters. The number of hydrogen-bond donors (Lipinski definition) is 1. The third-order valence-corrected chi connectivity index (χ3v) is 6.36. The van der Waals surface area contributed by atoms with E-state index in [1.165, 1.54) is 16.4 Å². The quantitative estimate of drug-likeness (QED) is 0.871. The zero-order valence-electron chi connectivity index (χ0n) is 9.47. The van der Waals surface area contributed by atoms with Crippen LogP contribution in [-0.4, -0.2) is 27.2 Å². The molecule has 90 valence electrons. The molecule has 17 heavy (non-hydrogen) atoms. The van der Waals surface area contributed by atoms with Crippen molar-refractivity contribution < 1.29 is 0 Å². The first kappa shape index (κ1) is 11.6. The van der Waals surface area contributed by atoms with Gasteiger partial charge in [0.2, 0.25) is 0 Å². The number of aromatic nitrogens is 2. The molecule has 1 aliphatic heterocycles. The van der Waals surface area contributed by atoms with Gasteiger partial charge in [0.15, 0.2) is 0 Å². The summed E-state index contributed by atoms with van der Waals surface area (Å²) < 4.78 is 0. The van der Waals surface area contributed by atoms with E-state index in [0.29, 0.717) is 11.1 Å². The number of aryl methyl sites for hydroxylation is 1. The number of fused-ring (bicyclic) bond motifs is 1. The molecule has 0 bridgehead atoms. The fourth-order valence-electron chi connectivity index (χ4n) is 1.86. The molecule has 3 heterocycles. The van der Waals surface area contributed by atoms with Crippen LogP contribution < -0.4 is 5.73 Å². The van der Waals surface area contributed by atoms with E-state index in [9.17, 15) is 0 Å². The Bertz CT molecular complexity index is 546. The summed E-state index contributed by atoms with van der Waals surface area (Å²) in [5.74, 6) is 5.05. The number of nitrogens with zero attached hydrogens (tertiary/aromatic N) is 2. The monoisotopic (exact) mass is 283 g/mol. The van der Waals surface area contributed by atoms with Crippen LogP contribution in [0.15, 0.2) is 6.07 Å². The topological polar surface area (TPSA) is 51.8 Å². The molecule has 3 rings (SSSR count). The molecule has 1 aliphatic rings. The van der Waals surface area contributed by atoms with Crippen LogP contribution in [0.4, 0.5) is 5.82 Å². The van der Waals surface area contributed by atoms with E-state index in [1.54, 1.807) is 11.3 Å². The minimum atomic E-state index is 0.405. The average Bonchev–Trinajstić information content (AvgIpc) is 2.71. The van der Waals surface area contributed by atoms with Crippen LogP contribution in [0.5, 0.6) is 0 Å². The molecular weight excluding hydrogens is 270 g/mol. The average molecular weight is 283 g/mol. The number of hydrogen-bond acceptors (Lipinski definition) is 6. The van der Waals surface area contributed by atoms with Gasteiger partial charge in [0.1, 0.15) is 16.5 Å². The van der Waals surface area contributed by atoms with Crippen LogP contribution >= 0.6 is 34.9 Å². The van der Waals surface area contributed by atoms with Gasteiger partial charge < -0.3 is 5.73 Å². The predicted octanol–water partition coefficient (Wildman–Crippen LogP) is 3.10. The minimum absolute atomic E-state index is 0.405. The smallest absolute Gasteiger partial charge is 0.146 e. The molecule has 2 N–H and O–H groups in total. The highest BCUT2D eigenvalue weighted by atomic mass is 32.2. The molecule has 0 radical (unpaired) electrons. The Morgan fingerprint density at radius 2 is 2.24 bits per heavy atom. The lowest BCUT2D eigenvalue weighted by Crippen LogP contribution is -2.11. The second-order valence-electron chi connectivity index (χ2n) is 3.98. The van der Waals surface area contributed by atoms with Crippen molar-refractivity contribution in [3.63, 3.8) is 0 Å². The summed E-state index contributed by atoms with van der Waals surface area (Å²) in [7, 11) is 0. The molecule has 0 aromatic carbocycles. The maximum absolute atomic E-state index is 6.02. The minimum Gasteiger partial charge on any atom is -0.383 e. The van der Waals surface area contributed by atoms with Gasteiger partial charge in [-0.2, -0.15) is 11.8 Å². The maximum Gasteiger partial charge on any atom is 0.146 e. The van der Waals surface area contributed by atoms with Crippen LogP contribution in [0.3, 0.4) is 0 Å². The third kappa shape index (κ3) is 2.26. The lowest BCUT2D eigenvalue weighted by molar-refractivity contribution is 0.950. The van der Waals surface area contributed by atoms with E-state index in [0.717, 1.165) is 21.8 Å². The lowest BCUT2D eigenvalue weighted by atomic mass is 10.3. The summed E-state index contributed by atoms with van der Waals surface area (Å²) in [5.41, 5.74) is 6.02. The van der Waals surface area contributed by atoms with Crippen LogP contribution in [-0.2, 0) is 0 Å². The Balaban J connectivity index is 2.04. The Hall–Kier alpha value is -0.460. The number of anilines is 1. The normalized spacial score (nSPS) is 20.9. The molecule has 1 atom stereocenters. The van der Waals surface area contributed by atoms with Crippen molar-refractivity contribution in [3.05, 3.63) is 16.8 Å². The fraction of sp³-hybridized carbons (Fsp3) is 0.455. The SMILES string of the molecule is Cc1cc2c(N)nc(C3CSCCS3)nc2s1. The van der Waals surface area contributed by atoms with Crippen molar-refractivity contribution in [2.24, 2.45) is 0 Å². The summed E-state index contributed by atoms with van der Waals surface area (Å²) in [6.07, 6.45) is 0. The van der Waals surface area contributed by atoms with Gasteiger partial charge in [0, 0.05) is 22.1 Å². The number of rotatable bonds is 1. The number of thiophene rings is 1. The lowest BCUT2D eigenvalue weighted by Gasteiger charge is -2.19. The first-order chi connectivity index (χ1) is 8.24. The van der Waals surface area contributed by atoms with Gasteiger partial charge in [0.25, 0.3) is 0 Å². The fourth-order valence-corrected chi connectivity index (χ4v) is 5.36.